The fraction of sp³-hybridized carbons (Fsp3) is 0.417. The lowest BCUT2D eigenvalue weighted by Gasteiger charge is -2.29. The van der Waals surface area contributed by atoms with Gasteiger partial charge in [-0.2, -0.15) is 0 Å². The Morgan fingerprint density at radius 2 is 1.88 bits per heavy atom. The predicted octanol–water partition coefficient (Wildman–Crippen LogP) is 4.97. The van der Waals surface area contributed by atoms with Crippen molar-refractivity contribution in [2.75, 3.05) is 13.7 Å². The van der Waals surface area contributed by atoms with Gasteiger partial charge in [-0.15, -0.1) is 0 Å². The molecule has 0 bridgehead atoms. The standard InChI is InChI=1S/C24H28BrClN2O4/c1-16(24(30)27-19-5-3-4-6-19)28(14-17-7-10-20(31-2)11-8-17)23(29)15-32-22-12-9-18(26)13-21(22)25/h7-13,16,19H,3-6,14-15H2,1-2H3,(H,27,30). The average Bonchev–Trinajstić information content (AvgIpc) is 3.29. The van der Waals surface area contributed by atoms with E-state index in [0.717, 1.165) is 37.0 Å². The van der Waals surface area contributed by atoms with E-state index in [2.05, 4.69) is 21.2 Å². The number of benzene rings is 2. The third kappa shape index (κ3) is 6.62. The van der Waals surface area contributed by atoms with Crippen molar-refractivity contribution in [3.63, 3.8) is 0 Å². The summed E-state index contributed by atoms with van der Waals surface area (Å²) in [4.78, 5) is 27.6. The summed E-state index contributed by atoms with van der Waals surface area (Å²) >= 11 is 9.37. The summed E-state index contributed by atoms with van der Waals surface area (Å²) in [5.41, 5.74) is 0.896. The van der Waals surface area contributed by atoms with Gasteiger partial charge in [0.1, 0.15) is 17.5 Å². The van der Waals surface area contributed by atoms with Crippen LogP contribution in [0.25, 0.3) is 0 Å². The van der Waals surface area contributed by atoms with E-state index in [1.165, 1.54) is 0 Å². The van der Waals surface area contributed by atoms with E-state index < -0.39 is 6.04 Å². The summed E-state index contributed by atoms with van der Waals surface area (Å²) in [6, 6.07) is 12.1. The van der Waals surface area contributed by atoms with Gasteiger partial charge in [-0.1, -0.05) is 36.6 Å². The van der Waals surface area contributed by atoms with E-state index >= 15 is 0 Å². The number of rotatable bonds is 9. The topological polar surface area (TPSA) is 67.9 Å². The van der Waals surface area contributed by atoms with Crippen LogP contribution in [0.5, 0.6) is 11.5 Å². The first-order chi connectivity index (χ1) is 15.4. The van der Waals surface area contributed by atoms with Gasteiger partial charge in [0.2, 0.25) is 5.91 Å². The lowest BCUT2D eigenvalue weighted by molar-refractivity contribution is -0.142. The van der Waals surface area contributed by atoms with E-state index in [9.17, 15) is 9.59 Å². The summed E-state index contributed by atoms with van der Waals surface area (Å²) in [5, 5.41) is 3.66. The average molecular weight is 524 g/mol. The number of methoxy groups -OCH3 is 1. The molecule has 1 fully saturated rings. The van der Waals surface area contributed by atoms with Crippen LogP contribution in [0.15, 0.2) is 46.9 Å². The number of ether oxygens (including phenoxy) is 2. The molecule has 1 aliphatic rings. The van der Waals surface area contributed by atoms with Gasteiger partial charge < -0.3 is 19.7 Å². The Labute approximate surface area is 202 Å². The maximum absolute atomic E-state index is 13.2. The minimum atomic E-state index is -0.637. The molecule has 1 atom stereocenters. The highest BCUT2D eigenvalue weighted by Crippen LogP contribution is 2.28. The lowest BCUT2D eigenvalue weighted by atomic mass is 10.1. The maximum Gasteiger partial charge on any atom is 0.261 e. The van der Waals surface area contributed by atoms with E-state index in [0.29, 0.717) is 15.2 Å². The molecule has 2 aromatic carbocycles. The molecule has 0 spiro atoms. The lowest BCUT2D eigenvalue weighted by Crippen LogP contribution is -2.50. The molecule has 0 aromatic heterocycles. The number of nitrogens with zero attached hydrogens (tertiary/aromatic N) is 1. The van der Waals surface area contributed by atoms with E-state index in [1.54, 1.807) is 37.1 Å². The van der Waals surface area contributed by atoms with Crippen LogP contribution >= 0.6 is 27.5 Å². The number of hydrogen-bond donors (Lipinski definition) is 1. The zero-order valence-electron chi connectivity index (χ0n) is 18.3. The fourth-order valence-corrected chi connectivity index (χ4v) is 4.51. The van der Waals surface area contributed by atoms with Crippen molar-refractivity contribution in [3.05, 3.63) is 57.5 Å². The second-order valence-electron chi connectivity index (χ2n) is 7.90. The smallest absolute Gasteiger partial charge is 0.261 e. The highest BCUT2D eigenvalue weighted by molar-refractivity contribution is 9.10. The Kier molecular flexibility index (Phi) is 8.82. The van der Waals surface area contributed by atoms with Crippen LogP contribution in [-0.2, 0) is 16.1 Å². The summed E-state index contributed by atoms with van der Waals surface area (Å²) in [6.07, 6.45) is 4.21. The predicted molar refractivity (Wildman–Crippen MR) is 128 cm³/mol. The number of amides is 2. The zero-order valence-corrected chi connectivity index (χ0v) is 20.6. The molecule has 1 unspecified atom stereocenters. The van der Waals surface area contributed by atoms with E-state index in [1.807, 2.05) is 24.3 Å². The molecule has 2 aromatic rings. The highest BCUT2D eigenvalue weighted by atomic mass is 79.9. The van der Waals surface area contributed by atoms with Gasteiger partial charge in [0.05, 0.1) is 11.6 Å². The normalized spacial score (nSPS) is 14.6. The van der Waals surface area contributed by atoms with E-state index in [-0.39, 0.29) is 31.0 Å². The molecular weight excluding hydrogens is 496 g/mol. The molecular formula is C24H28BrClN2O4. The molecule has 1 N–H and O–H groups in total. The molecule has 1 saturated carbocycles. The van der Waals surface area contributed by atoms with Crippen LogP contribution in [0.2, 0.25) is 5.02 Å². The Hall–Kier alpha value is -2.25. The van der Waals surface area contributed by atoms with Gasteiger partial charge in [0.15, 0.2) is 6.61 Å². The summed E-state index contributed by atoms with van der Waals surface area (Å²) in [5.74, 6) is 0.813. The molecule has 6 nitrogen and oxygen atoms in total. The third-order valence-electron chi connectivity index (χ3n) is 5.63. The minimum absolute atomic E-state index is 0.147. The zero-order chi connectivity index (χ0) is 23.1. The van der Waals surface area contributed by atoms with E-state index in [4.69, 9.17) is 21.1 Å². The first-order valence-electron chi connectivity index (χ1n) is 10.7. The van der Waals surface area contributed by atoms with Crippen molar-refractivity contribution in [2.24, 2.45) is 0 Å². The van der Waals surface area contributed by atoms with Crippen molar-refractivity contribution in [1.82, 2.24) is 10.2 Å². The Balaban J connectivity index is 1.72. The van der Waals surface area contributed by atoms with Crippen LogP contribution in [0.4, 0.5) is 0 Å². The SMILES string of the molecule is COc1ccc(CN(C(=O)COc2ccc(Cl)cc2Br)C(C)C(=O)NC2CCCC2)cc1. The third-order valence-corrected chi connectivity index (χ3v) is 6.48. The molecule has 172 valence electrons. The summed E-state index contributed by atoms with van der Waals surface area (Å²) < 4.78 is 11.6. The first kappa shape index (κ1) is 24.4. The molecule has 0 saturated heterocycles. The summed E-state index contributed by atoms with van der Waals surface area (Å²) in [6.45, 7) is 1.84. The minimum Gasteiger partial charge on any atom is -0.497 e. The second kappa shape index (κ2) is 11.6. The molecule has 0 radical (unpaired) electrons. The van der Waals surface area contributed by atoms with Gasteiger partial charge in [-0.05, 0) is 71.6 Å². The molecule has 0 heterocycles. The van der Waals surface area contributed by atoms with Crippen LogP contribution in [0, 0.1) is 0 Å². The molecule has 32 heavy (non-hydrogen) atoms. The number of carbonyl (C=O) groups is 2. The number of halogens is 2. The van der Waals surface area contributed by atoms with Gasteiger partial charge in [-0.25, -0.2) is 0 Å². The molecule has 2 amide bonds. The molecule has 1 aliphatic carbocycles. The Bertz CT molecular complexity index is 932. The van der Waals surface area contributed by atoms with Crippen molar-refractivity contribution in [2.45, 2.75) is 51.2 Å². The maximum atomic E-state index is 13.2. The van der Waals surface area contributed by atoms with Crippen LogP contribution < -0.4 is 14.8 Å². The van der Waals surface area contributed by atoms with Gasteiger partial charge >= 0.3 is 0 Å². The van der Waals surface area contributed by atoms with Crippen molar-refractivity contribution < 1.29 is 19.1 Å². The second-order valence-corrected chi connectivity index (χ2v) is 9.19. The monoisotopic (exact) mass is 522 g/mol. The van der Waals surface area contributed by atoms with Crippen LogP contribution in [0.3, 0.4) is 0 Å². The highest BCUT2D eigenvalue weighted by Gasteiger charge is 2.28. The van der Waals surface area contributed by atoms with Crippen LogP contribution in [0.1, 0.15) is 38.2 Å². The number of nitrogens with one attached hydrogen (secondary N) is 1. The van der Waals surface area contributed by atoms with Crippen molar-refractivity contribution in [1.29, 1.82) is 0 Å². The quantitative estimate of drug-likeness (QED) is 0.504. The van der Waals surface area contributed by atoms with Crippen LogP contribution in [-0.4, -0.2) is 42.5 Å². The van der Waals surface area contributed by atoms with Crippen molar-refractivity contribution >= 4 is 39.3 Å². The van der Waals surface area contributed by atoms with Gasteiger partial charge in [0, 0.05) is 17.6 Å². The fourth-order valence-electron chi connectivity index (χ4n) is 3.72. The summed E-state index contributed by atoms with van der Waals surface area (Å²) in [7, 11) is 1.60. The molecule has 8 heteroatoms. The number of carbonyl (C=O) groups excluding carboxylic acids is 2. The Morgan fingerprint density at radius 3 is 2.50 bits per heavy atom. The first-order valence-corrected chi connectivity index (χ1v) is 11.8. The van der Waals surface area contributed by atoms with Crippen molar-refractivity contribution in [3.8, 4) is 11.5 Å². The Morgan fingerprint density at radius 1 is 1.19 bits per heavy atom. The van der Waals surface area contributed by atoms with Gasteiger partial charge in [-0.3, -0.25) is 9.59 Å². The molecule has 0 aliphatic heterocycles. The van der Waals surface area contributed by atoms with Gasteiger partial charge in [0.25, 0.3) is 5.91 Å². The molecule has 3 rings (SSSR count). The number of hydrogen-bond acceptors (Lipinski definition) is 4. The largest absolute Gasteiger partial charge is 0.497 e.